The van der Waals surface area contributed by atoms with E-state index in [2.05, 4.69) is 21.2 Å². The molecule has 0 radical (unpaired) electrons. The van der Waals surface area contributed by atoms with Crippen molar-refractivity contribution >= 4 is 27.5 Å². The predicted molar refractivity (Wildman–Crippen MR) is 82.7 cm³/mol. The number of methoxy groups -OCH3 is 1. The van der Waals surface area contributed by atoms with Gasteiger partial charge in [0, 0.05) is 16.7 Å². The molecule has 0 aromatic heterocycles. The van der Waals surface area contributed by atoms with Gasteiger partial charge in [0.2, 0.25) is 0 Å². The summed E-state index contributed by atoms with van der Waals surface area (Å²) in [6, 6.07) is 12.8. The van der Waals surface area contributed by atoms with Gasteiger partial charge >= 0.3 is 0 Å². The second kappa shape index (κ2) is 6.43. The number of carbonyl (C=O) groups is 1. The molecule has 0 saturated carbocycles. The average Bonchev–Trinajstić information content (AvgIpc) is 2.47. The number of nitrogens with one attached hydrogen (secondary N) is 1. The average molecular weight is 335 g/mol. The number of amides is 1. The molecule has 0 unspecified atom stereocenters. The number of halogens is 1. The first-order chi connectivity index (χ1) is 9.60. The molecule has 2 rings (SSSR count). The van der Waals surface area contributed by atoms with Gasteiger partial charge in [-0.25, -0.2) is 0 Å². The minimum absolute atomic E-state index is 0.218. The molecule has 2 aromatic rings. The zero-order valence-electron chi connectivity index (χ0n) is 11.0. The van der Waals surface area contributed by atoms with Crippen LogP contribution >= 0.6 is 15.9 Å². The van der Waals surface area contributed by atoms with Crippen LogP contribution in [-0.2, 0) is 6.54 Å². The fourth-order valence-corrected chi connectivity index (χ4v) is 2.00. The maximum absolute atomic E-state index is 12.1. The lowest BCUT2D eigenvalue weighted by molar-refractivity contribution is 0.0951. The van der Waals surface area contributed by atoms with E-state index in [1.54, 1.807) is 25.3 Å². The zero-order chi connectivity index (χ0) is 14.5. The summed E-state index contributed by atoms with van der Waals surface area (Å²) < 4.78 is 6.10. The van der Waals surface area contributed by atoms with Crippen molar-refractivity contribution in [3.8, 4) is 5.75 Å². The molecule has 0 bridgehead atoms. The lowest BCUT2D eigenvalue weighted by atomic mass is 10.1. The van der Waals surface area contributed by atoms with E-state index in [0.717, 1.165) is 10.0 Å². The third kappa shape index (κ3) is 3.51. The van der Waals surface area contributed by atoms with Gasteiger partial charge in [0.1, 0.15) is 5.75 Å². The maximum atomic E-state index is 12.1. The summed E-state index contributed by atoms with van der Waals surface area (Å²) in [6.07, 6.45) is 0. The molecule has 2 aromatic carbocycles. The van der Waals surface area contributed by atoms with Gasteiger partial charge in [0.25, 0.3) is 5.91 Å². The zero-order valence-corrected chi connectivity index (χ0v) is 12.6. The number of anilines is 1. The van der Waals surface area contributed by atoms with Crippen molar-refractivity contribution in [3.05, 3.63) is 58.1 Å². The maximum Gasteiger partial charge on any atom is 0.253 e. The standard InChI is InChI=1S/C15H15BrN2O2/c1-20-12-6-7-14(17)13(8-12)15(19)18-9-10-2-4-11(16)5-3-10/h2-8H,9,17H2,1H3,(H,18,19). The van der Waals surface area contributed by atoms with Crippen LogP contribution in [0.2, 0.25) is 0 Å². The molecule has 0 aliphatic carbocycles. The largest absolute Gasteiger partial charge is 0.497 e. The summed E-state index contributed by atoms with van der Waals surface area (Å²) in [6.45, 7) is 0.447. The number of benzene rings is 2. The van der Waals surface area contributed by atoms with E-state index in [9.17, 15) is 4.79 Å². The van der Waals surface area contributed by atoms with Gasteiger partial charge in [0.15, 0.2) is 0 Å². The Morgan fingerprint density at radius 2 is 1.95 bits per heavy atom. The fraction of sp³-hybridized carbons (Fsp3) is 0.133. The highest BCUT2D eigenvalue weighted by atomic mass is 79.9. The summed E-state index contributed by atoms with van der Waals surface area (Å²) >= 11 is 3.37. The van der Waals surface area contributed by atoms with Crippen LogP contribution < -0.4 is 15.8 Å². The van der Waals surface area contributed by atoms with Crippen LogP contribution in [0.5, 0.6) is 5.75 Å². The van der Waals surface area contributed by atoms with Gasteiger partial charge in [-0.1, -0.05) is 28.1 Å². The van der Waals surface area contributed by atoms with Gasteiger partial charge in [-0.2, -0.15) is 0 Å². The highest BCUT2D eigenvalue weighted by molar-refractivity contribution is 9.10. The Morgan fingerprint density at radius 1 is 1.25 bits per heavy atom. The van der Waals surface area contributed by atoms with Crippen molar-refractivity contribution in [2.75, 3.05) is 12.8 Å². The van der Waals surface area contributed by atoms with Crippen molar-refractivity contribution in [2.24, 2.45) is 0 Å². The molecule has 20 heavy (non-hydrogen) atoms. The summed E-state index contributed by atoms with van der Waals surface area (Å²) in [4.78, 5) is 12.1. The van der Waals surface area contributed by atoms with Gasteiger partial charge in [-0.05, 0) is 35.9 Å². The quantitative estimate of drug-likeness (QED) is 0.845. The van der Waals surface area contributed by atoms with Gasteiger partial charge in [0.05, 0.1) is 12.7 Å². The van der Waals surface area contributed by atoms with Crippen LogP contribution in [0.1, 0.15) is 15.9 Å². The van der Waals surface area contributed by atoms with E-state index >= 15 is 0 Å². The van der Waals surface area contributed by atoms with Gasteiger partial charge in [-0.3, -0.25) is 4.79 Å². The Bertz CT molecular complexity index is 612. The van der Waals surface area contributed by atoms with Crippen LogP contribution in [-0.4, -0.2) is 13.0 Å². The first-order valence-electron chi connectivity index (χ1n) is 6.06. The van der Waals surface area contributed by atoms with Crippen LogP contribution in [0, 0.1) is 0 Å². The van der Waals surface area contributed by atoms with E-state index < -0.39 is 0 Å². The number of ether oxygens (including phenoxy) is 1. The molecule has 104 valence electrons. The van der Waals surface area contributed by atoms with Crippen LogP contribution in [0.25, 0.3) is 0 Å². The fourth-order valence-electron chi connectivity index (χ4n) is 1.74. The Labute approximate surface area is 126 Å². The Hall–Kier alpha value is -2.01. The smallest absolute Gasteiger partial charge is 0.253 e. The lowest BCUT2D eigenvalue weighted by Crippen LogP contribution is -2.23. The highest BCUT2D eigenvalue weighted by Gasteiger charge is 2.10. The number of hydrogen-bond acceptors (Lipinski definition) is 3. The topological polar surface area (TPSA) is 64.3 Å². The molecular weight excluding hydrogens is 320 g/mol. The molecule has 0 fully saturated rings. The molecular formula is C15H15BrN2O2. The molecule has 0 aliphatic heterocycles. The SMILES string of the molecule is COc1ccc(N)c(C(=O)NCc2ccc(Br)cc2)c1. The summed E-state index contributed by atoms with van der Waals surface area (Å²) in [5.74, 6) is 0.386. The third-order valence-electron chi connectivity index (χ3n) is 2.87. The summed E-state index contributed by atoms with van der Waals surface area (Å²) in [5.41, 5.74) is 7.68. The number of nitrogen functional groups attached to an aromatic ring is 1. The van der Waals surface area contributed by atoms with E-state index in [1.165, 1.54) is 0 Å². The molecule has 0 spiro atoms. The lowest BCUT2D eigenvalue weighted by Gasteiger charge is -2.09. The first-order valence-corrected chi connectivity index (χ1v) is 6.85. The monoisotopic (exact) mass is 334 g/mol. The molecule has 4 nitrogen and oxygen atoms in total. The first kappa shape index (κ1) is 14.4. The van der Waals surface area contributed by atoms with E-state index in [0.29, 0.717) is 23.5 Å². The van der Waals surface area contributed by atoms with Crippen molar-refractivity contribution in [2.45, 2.75) is 6.54 Å². The molecule has 1 amide bonds. The summed E-state index contributed by atoms with van der Waals surface area (Å²) in [7, 11) is 1.55. The third-order valence-corrected chi connectivity index (χ3v) is 3.40. The number of hydrogen-bond donors (Lipinski definition) is 2. The minimum Gasteiger partial charge on any atom is -0.497 e. The second-order valence-electron chi connectivity index (χ2n) is 4.26. The van der Waals surface area contributed by atoms with Gasteiger partial charge in [-0.15, -0.1) is 0 Å². The van der Waals surface area contributed by atoms with Crippen LogP contribution in [0.4, 0.5) is 5.69 Å². The molecule has 0 aliphatic rings. The molecule has 0 saturated heterocycles. The molecule has 5 heteroatoms. The highest BCUT2D eigenvalue weighted by Crippen LogP contribution is 2.19. The summed E-state index contributed by atoms with van der Waals surface area (Å²) in [5, 5.41) is 2.84. The molecule has 0 heterocycles. The van der Waals surface area contributed by atoms with Gasteiger partial charge < -0.3 is 15.8 Å². The second-order valence-corrected chi connectivity index (χ2v) is 5.18. The van der Waals surface area contributed by atoms with E-state index in [1.807, 2.05) is 24.3 Å². The van der Waals surface area contributed by atoms with E-state index in [4.69, 9.17) is 10.5 Å². The minimum atomic E-state index is -0.218. The van der Waals surface area contributed by atoms with Crippen molar-refractivity contribution in [1.82, 2.24) is 5.32 Å². The molecule has 0 atom stereocenters. The van der Waals surface area contributed by atoms with E-state index in [-0.39, 0.29) is 5.91 Å². The predicted octanol–water partition coefficient (Wildman–Crippen LogP) is 2.97. The van der Waals surface area contributed by atoms with Crippen LogP contribution in [0.15, 0.2) is 46.9 Å². The number of rotatable bonds is 4. The van der Waals surface area contributed by atoms with Crippen molar-refractivity contribution in [1.29, 1.82) is 0 Å². The normalized spacial score (nSPS) is 10.1. The van der Waals surface area contributed by atoms with Crippen LogP contribution in [0.3, 0.4) is 0 Å². The Morgan fingerprint density at radius 3 is 2.60 bits per heavy atom. The number of nitrogens with two attached hydrogens (primary N) is 1. The van der Waals surface area contributed by atoms with Crippen molar-refractivity contribution in [3.63, 3.8) is 0 Å². The number of carbonyl (C=O) groups excluding carboxylic acids is 1. The molecule has 3 N–H and O–H groups in total. The van der Waals surface area contributed by atoms with Crippen molar-refractivity contribution < 1.29 is 9.53 Å². The Balaban J connectivity index is 2.06. The Kier molecular flexibility index (Phi) is 4.63.